The fraction of sp³-hybridized carbons (Fsp3) is 0.385. The Morgan fingerprint density at radius 1 is 1.28 bits per heavy atom. The van der Waals surface area contributed by atoms with E-state index in [9.17, 15) is 0 Å². The van der Waals surface area contributed by atoms with Crippen molar-refractivity contribution in [2.24, 2.45) is 0 Å². The summed E-state index contributed by atoms with van der Waals surface area (Å²) < 4.78 is 7.85. The number of fused-ring (bicyclic) bond motifs is 1. The highest BCUT2D eigenvalue weighted by Crippen LogP contribution is 2.19. The van der Waals surface area contributed by atoms with Gasteiger partial charge in [0.05, 0.1) is 0 Å². The Morgan fingerprint density at radius 2 is 2.22 bits per heavy atom. The van der Waals surface area contributed by atoms with E-state index in [4.69, 9.17) is 16.3 Å². The van der Waals surface area contributed by atoms with Crippen molar-refractivity contribution in [1.82, 2.24) is 14.8 Å². The molecule has 3 rings (SSSR count). The standard InChI is InChI=1S/C13H14ClN3O/c14-10-4-3-5-11(8-10)18-9-13-16-15-12-6-1-2-7-17(12)13/h3-5,8H,1-2,6-7,9H2. The lowest BCUT2D eigenvalue weighted by atomic mass is 10.2. The van der Waals surface area contributed by atoms with Crippen LogP contribution in [0.25, 0.3) is 0 Å². The Labute approximate surface area is 111 Å². The third-order valence-electron chi connectivity index (χ3n) is 3.10. The van der Waals surface area contributed by atoms with Gasteiger partial charge in [0.2, 0.25) is 0 Å². The molecule has 0 bridgehead atoms. The molecule has 1 aromatic carbocycles. The minimum Gasteiger partial charge on any atom is -0.486 e. The summed E-state index contributed by atoms with van der Waals surface area (Å²) in [5.74, 6) is 2.73. The second-order valence-corrected chi connectivity index (χ2v) is 4.82. The molecule has 1 aliphatic heterocycles. The summed E-state index contributed by atoms with van der Waals surface area (Å²) in [7, 11) is 0. The number of aryl methyl sites for hydroxylation is 1. The first-order valence-electron chi connectivity index (χ1n) is 6.12. The van der Waals surface area contributed by atoms with Crippen LogP contribution < -0.4 is 4.74 Å². The van der Waals surface area contributed by atoms with E-state index in [1.807, 2.05) is 18.2 Å². The highest BCUT2D eigenvalue weighted by Gasteiger charge is 2.15. The minimum atomic E-state index is 0.438. The molecule has 1 aliphatic rings. The van der Waals surface area contributed by atoms with E-state index >= 15 is 0 Å². The maximum Gasteiger partial charge on any atom is 0.171 e. The maximum atomic E-state index is 5.91. The molecule has 0 unspecified atom stereocenters. The van der Waals surface area contributed by atoms with Crippen LogP contribution in [0.3, 0.4) is 0 Å². The molecule has 5 heteroatoms. The maximum absolute atomic E-state index is 5.91. The predicted octanol–water partition coefficient (Wildman–Crippen LogP) is 2.85. The number of hydrogen-bond donors (Lipinski definition) is 0. The average Bonchev–Trinajstić information content (AvgIpc) is 2.80. The molecule has 0 saturated heterocycles. The van der Waals surface area contributed by atoms with E-state index in [-0.39, 0.29) is 0 Å². The fourth-order valence-electron chi connectivity index (χ4n) is 2.18. The Kier molecular flexibility index (Phi) is 3.19. The first-order chi connectivity index (χ1) is 8.83. The molecule has 2 aromatic rings. The summed E-state index contributed by atoms with van der Waals surface area (Å²) in [6.45, 7) is 1.43. The lowest BCUT2D eigenvalue weighted by Gasteiger charge is -2.14. The molecule has 18 heavy (non-hydrogen) atoms. The van der Waals surface area contributed by atoms with Gasteiger partial charge in [-0.05, 0) is 31.0 Å². The van der Waals surface area contributed by atoms with Crippen LogP contribution in [-0.4, -0.2) is 14.8 Å². The molecule has 0 spiro atoms. The second-order valence-electron chi connectivity index (χ2n) is 4.39. The van der Waals surface area contributed by atoms with Gasteiger partial charge in [-0.25, -0.2) is 0 Å². The SMILES string of the molecule is Clc1cccc(OCc2nnc3n2CCCC3)c1. The number of hydrogen-bond acceptors (Lipinski definition) is 3. The molecule has 4 nitrogen and oxygen atoms in total. The lowest BCUT2D eigenvalue weighted by molar-refractivity contribution is 0.286. The van der Waals surface area contributed by atoms with Gasteiger partial charge in [-0.2, -0.15) is 0 Å². The van der Waals surface area contributed by atoms with E-state index < -0.39 is 0 Å². The van der Waals surface area contributed by atoms with Gasteiger partial charge in [0, 0.05) is 18.0 Å². The van der Waals surface area contributed by atoms with Gasteiger partial charge < -0.3 is 9.30 Å². The van der Waals surface area contributed by atoms with Crippen molar-refractivity contribution < 1.29 is 4.74 Å². The number of ether oxygens (including phenoxy) is 1. The summed E-state index contributed by atoms with van der Waals surface area (Å²) >= 11 is 5.91. The third kappa shape index (κ3) is 2.34. The first kappa shape index (κ1) is 11.5. The zero-order chi connectivity index (χ0) is 12.4. The average molecular weight is 264 g/mol. The number of benzene rings is 1. The van der Waals surface area contributed by atoms with Crippen LogP contribution in [0.5, 0.6) is 5.75 Å². The molecule has 2 heterocycles. The highest BCUT2D eigenvalue weighted by molar-refractivity contribution is 6.30. The Hall–Kier alpha value is -1.55. The summed E-state index contributed by atoms with van der Waals surface area (Å²) in [5, 5.41) is 9.06. The van der Waals surface area contributed by atoms with Gasteiger partial charge in [-0.1, -0.05) is 17.7 Å². The topological polar surface area (TPSA) is 39.9 Å². The molecule has 0 atom stereocenters. The molecular formula is C13H14ClN3O. The highest BCUT2D eigenvalue weighted by atomic mass is 35.5. The molecular weight excluding hydrogens is 250 g/mol. The number of nitrogens with zero attached hydrogens (tertiary/aromatic N) is 3. The predicted molar refractivity (Wildman–Crippen MR) is 68.7 cm³/mol. The first-order valence-corrected chi connectivity index (χ1v) is 6.50. The fourth-order valence-corrected chi connectivity index (χ4v) is 2.36. The lowest BCUT2D eigenvalue weighted by Crippen LogP contribution is -2.14. The zero-order valence-corrected chi connectivity index (χ0v) is 10.7. The van der Waals surface area contributed by atoms with Gasteiger partial charge >= 0.3 is 0 Å². The van der Waals surface area contributed by atoms with Gasteiger partial charge in [0.25, 0.3) is 0 Å². The van der Waals surface area contributed by atoms with Gasteiger partial charge in [0.15, 0.2) is 5.82 Å². The van der Waals surface area contributed by atoms with Crippen molar-refractivity contribution in [3.05, 3.63) is 40.9 Å². The van der Waals surface area contributed by atoms with Gasteiger partial charge in [0.1, 0.15) is 18.2 Å². The van der Waals surface area contributed by atoms with Crippen LogP contribution in [0.2, 0.25) is 5.02 Å². The molecule has 0 aliphatic carbocycles. The zero-order valence-electron chi connectivity index (χ0n) is 9.97. The van der Waals surface area contributed by atoms with E-state index in [2.05, 4.69) is 14.8 Å². The van der Waals surface area contributed by atoms with Crippen LogP contribution in [0.15, 0.2) is 24.3 Å². The van der Waals surface area contributed by atoms with Crippen LogP contribution >= 0.6 is 11.6 Å². The molecule has 0 radical (unpaired) electrons. The van der Waals surface area contributed by atoms with Crippen molar-refractivity contribution in [2.75, 3.05) is 0 Å². The Bertz CT molecular complexity index is 553. The molecule has 0 fully saturated rings. The van der Waals surface area contributed by atoms with Crippen molar-refractivity contribution in [3.63, 3.8) is 0 Å². The van der Waals surface area contributed by atoms with E-state index in [0.717, 1.165) is 30.4 Å². The monoisotopic (exact) mass is 263 g/mol. The van der Waals surface area contributed by atoms with Gasteiger partial charge in [-0.15, -0.1) is 10.2 Å². The quantitative estimate of drug-likeness (QED) is 0.855. The molecule has 94 valence electrons. The van der Waals surface area contributed by atoms with Gasteiger partial charge in [-0.3, -0.25) is 0 Å². The van der Waals surface area contributed by atoms with Crippen LogP contribution in [0.4, 0.5) is 0 Å². The van der Waals surface area contributed by atoms with Crippen LogP contribution in [0.1, 0.15) is 24.5 Å². The van der Waals surface area contributed by atoms with Crippen molar-refractivity contribution >= 4 is 11.6 Å². The van der Waals surface area contributed by atoms with Crippen molar-refractivity contribution in [2.45, 2.75) is 32.4 Å². The van der Waals surface area contributed by atoms with E-state index in [1.165, 1.54) is 12.8 Å². The molecule has 1 aromatic heterocycles. The number of rotatable bonds is 3. The summed E-state index contributed by atoms with van der Waals surface area (Å²) in [4.78, 5) is 0. The smallest absolute Gasteiger partial charge is 0.171 e. The van der Waals surface area contributed by atoms with Crippen molar-refractivity contribution in [1.29, 1.82) is 0 Å². The minimum absolute atomic E-state index is 0.438. The van der Waals surface area contributed by atoms with E-state index in [0.29, 0.717) is 11.6 Å². The number of halogens is 1. The Morgan fingerprint density at radius 3 is 3.11 bits per heavy atom. The Balaban J connectivity index is 1.72. The largest absolute Gasteiger partial charge is 0.486 e. The van der Waals surface area contributed by atoms with Crippen molar-refractivity contribution in [3.8, 4) is 5.75 Å². The summed E-state index contributed by atoms with van der Waals surface area (Å²) in [6, 6.07) is 7.39. The molecule has 0 saturated carbocycles. The number of aromatic nitrogens is 3. The summed E-state index contributed by atoms with van der Waals surface area (Å²) in [6.07, 6.45) is 3.41. The second kappa shape index (κ2) is 4.98. The molecule has 0 amide bonds. The molecule has 0 N–H and O–H groups in total. The summed E-state index contributed by atoms with van der Waals surface area (Å²) in [5.41, 5.74) is 0. The third-order valence-corrected chi connectivity index (χ3v) is 3.34. The normalized spacial score (nSPS) is 14.3. The van der Waals surface area contributed by atoms with Crippen LogP contribution in [-0.2, 0) is 19.6 Å². The van der Waals surface area contributed by atoms with E-state index in [1.54, 1.807) is 6.07 Å². The van der Waals surface area contributed by atoms with Crippen LogP contribution in [0, 0.1) is 0 Å².